The van der Waals surface area contributed by atoms with Crippen molar-refractivity contribution in [2.45, 2.75) is 97.8 Å². The summed E-state index contributed by atoms with van der Waals surface area (Å²) in [4.78, 5) is 70.0. The number of benzene rings is 4. The van der Waals surface area contributed by atoms with Crippen LogP contribution in [-0.2, 0) is 0 Å². The van der Waals surface area contributed by atoms with Gasteiger partial charge in [0, 0.05) is 72.9 Å². The summed E-state index contributed by atoms with van der Waals surface area (Å²) in [6.45, 7) is 12.2. The molecule has 1 aliphatic rings. The fraction of sp³-hybridized carbons (Fsp3) is 0.214. The fourth-order valence-corrected chi connectivity index (χ4v) is 12.8. The quantitative estimate of drug-likeness (QED) is 0.0606. The molecule has 0 saturated heterocycles. The number of nitrogens with two attached hydrogens (primary N) is 6. The predicted molar refractivity (Wildman–Crippen MR) is 385 cm³/mol. The van der Waals surface area contributed by atoms with Crippen LogP contribution in [0.5, 0.6) is 5.75 Å². The second-order valence-electron chi connectivity index (χ2n) is 25.3. The average Bonchev–Trinajstić information content (AvgIpc) is 1.62. The van der Waals surface area contributed by atoms with Crippen molar-refractivity contribution in [1.29, 1.82) is 5.26 Å². The van der Waals surface area contributed by atoms with E-state index in [1.54, 1.807) is 42.5 Å². The molecular formula is C70H69N27O3. The molecule has 17 rings (SSSR count). The third-order valence-corrected chi connectivity index (χ3v) is 17.6. The van der Waals surface area contributed by atoms with Crippen LogP contribution in [-0.4, -0.2) is 116 Å². The highest BCUT2D eigenvalue weighted by atomic mass is 16.3. The van der Waals surface area contributed by atoms with Gasteiger partial charge in [0.25, 0.3) is 0 Å². The molecule has 30 nitrogen and oxygen atoms in total. The Labute approximate surface area is 567 Å². The molecule has 2 amide bonds. The number of aromatic hydroxyl groups is 1. The topological polar surface area (TPSA) is 472 Å². The summed E-state index contributed by atoms with van der Waals surface area (Å²) in [5, 5.41) is 44.4. The SMILES string of the molecule is CC(C)n1nc(-c2cc3cc(C(N)=O)ccc3[nH]2)c2c(N)ncnc21.CC(C)n1nc(-c2cc3ccc(C#N)cc3[nH]2)c2c(N)ncnc21.CC(C)n1nc(-c2cc3ccc(C(N)=O)cc3[nH]2)c2c(N)ncnc21.Nc1ncnc2c1c(-c1cc3cc(O)ccc3[nH]1)nn2C1CCCCC1. The van der Waals surface area contributed by atoms with E-state index in [2.05, 4.69) is 76.1 Å². The van der Waals surface area contributed by atoms with E-state index < -0.39 is 11.8 Å². The second-order valence-corrected chi connectivity index (χ2v) is 25.3. The highest BCUT2D eigenvalue weighted by Crippen LogP contribution is 2.40. The number of nitriles is 1. The molecule has 100 heavy (non-hydrogen) atoms. The summed E-state index contributed by atoms with van der Waals surface area (Å²) in [6, 6.07) is 32.0. The molecule has 4 aromatic carbocycles. The van der Waals surface area contributed by atoms with Crippen molar-refractivity contribution in [3.05, 3.63) is 139 Å². The molecule has 0 atom stereocenters. The Morgan fingerprint density at radius 3 is 1.29 bits per heavy atom. The summed E-state index contributed by atoms with van der Waals surface area (Å²) in [7, 11) is 0. The van der Waals surface area contributed by atoms with Crippen LogP contribution in [0.25, 0.3) is 133 Å². The van der Waals surface area contributed by atoms with Crippen molar-refractivity contribution in [1.82, 2.24) is 98.9 Å². The number of carbonyl (C=O) groups excluding carboxylic acids is 2. The molecule has 1 saturated carbocycles. The number of hydrogen-bond acceptors (Lipinski definition) is 20. The first-order valence-electron chi connectivity index (χ1n) is 32.4. The summed E-state index contributed by atoms with van der Waals surface area (Å²) in [5.74, 6) is 0.907. The standard InChI is InChI=1S/C19H20N6O.2C17H17N7O.C17H15N7/c20-18-16-17(15-9-11-8-13(26)6-7-14(11)23-15)24-25(19(16)22-10-21-18)12-4-2-1-3-5-12;1-8(2)24-17-13(15(18)20-7-21-17)14(23-24)12-6-10-5-9(16(19)25)3-4-11(10)22-12;1-8(2)24-17-13(15(18)20-7-21-17)14(23-24)12-5-9-3-4-10(16(19)25)6-11(9)22-12;1-9(2)24-17-14(16(19)20-8-21-17)15(23-24)13-6-11-4-3-10(7-18)5-12(11)22-13/h6-10,12,23,26H,1-5H2,(H2,20,21,22);2*3-8,22H,1-2H3,(H2,19,25)(H2,18,20,21);3-6,8-9,22H,1-2H3,(H2,19,20,21). The second kappa shape index (κ2) is 25.7. The number of phenols is 1. The van der Waals surface area contributed by atoms with Gasteiger partial charge in [-0.15, -0.1) is 0 Å². The van der Waals surface area contributed by atoms with Gasteiger partial charge in [-0.1, -0.05) is 31.4 Å². The van der Waals surface area contributed by atoms with Gasteiger partial charge in [-0.05, 0) is 139 Å². The number of aromatic amines is 4. The third kappa shape index (κ3) is 11.7. The molecule has 0 unspecified atom stereocenters. The minimum absolute atomic E-state index is 0.122. The zero-order valence-electron chi connectivity index (χ0n) is 55.2. The number of fused-ring (bicyclic) bond motifs is 8. The number of nitrogen functional groups attached to an aromatic ring is 4. The first-order chi connectivity index (χ1) is 48.2. The molecule has 0 bridgehead atoms. The van der Waals surface area contributed by atoms with Crippen molar-refractivity contribution in [3.8, 4) is 57.4 Å². The maximum absolute atomic E-state index is 11.4. The Balaban J connectivity index is 0.000000114. The van der Waals surface area contributed by atoms with Crippen LogP contribution in [0.4, 0.5) is 23.3 Å². The van der Waals surface area contributed by atoms with Gasteiger partial charge in [-0.2, -0.15) is 25.7 Å². The van der Waals surface area contributed by atoms with Crippen molar-refractivity contribution in [2.75, 3.05) is 22.9 Å². The lowest BCUT2D eigenvalue weighted by molar-refractivity contribution is 0.0992. The highest BCUT2D eigenvalue weighted by molar-refractivity contribution is 6.05. The van der Waals surface area contributed by atoms with E-state index in [-0.39, 0.29) is 23.9 Å². The number of rotatable bonds is 10. The van der Waals surface area contributed by atoms with Gasteiger partial charge < -0.3 is 59.4 Å². The molecular weight excluding hydrogens is 1270 g/mol. The van der Waals surface area contributed by atoms with E-state index in [0.29, 0.717) is 90.8 Å². The molecule has 16 aromatic rings. The first-order valence-corrected chi connectivity index (χ1v) is 32.4. The molecule has 17 N–H and O–H groups in total. The van der Waals surface area contributed by atoms with E-state index in [1.165, 1.54) is 44.6 Å². The summed E-state index contributed by atoms with van der Waals surface area (Å²) >= 11 is 0. The van der Waals surface area contributed by atoms with E-state index in [4.69, 9.17) is 49.9 Å². The van der Waals surface area contributed by atoms with Crippen LogP contribution in [0.3, 0.4) is 0 Å². The molecule has 1 aliphatic carbocycles. The molecule has 12 aromatic heterocycles. The van der Waals surface area contributed by atoms with Gasteiger partial charge in [0.05, 0.1) is 62.0 Å². The molecule has 12 heterocycles. The number of nitrogens with one attached hydrogen (secondary N) is 4. The maximum Gasteiger partial charge on any atom is 0.248 e. The zero-order chi connectivity index (χ0) is 69.9. The molecule has 502 valence electrons. The number of carbonyl (C=O) groups is 2. The molecule has 30 heteroatoms. The lowest BCUT2D eigenvalue weighted by atomic mass is 9.96. The number of amides is 2. The monoisotopic (exact) mass is 1340 g/mol. The summed E-state index contributed by atoms with van der Waals surface area (Å²) < 4.78 is 7.52. The Kier molecular flexibility index (Phi) is 16.4. The van der Waals surface area contributed by atoms with Gasteiger partial charge in [-0.3, -0.25) is 9.59 Å². The van der Waals surface area contributed by atoms with Crippen molar-refractivity contribution in [3.63, 3.8) is 0 Å². The van der Waals surface area contributed by atoms with Gasteiger partial charge in [0.15, 0.2) is 22.6 Å². The summed E-state index contributed by atoms with van der Waals surface area (Å²) in [6.07, 6.45) is 11.8. The first kappa shape index (κ1) is 64.0. The number of H-pyrrole nitrogens is 4. The minimum Gasteiger partial charge on any atom is -0.508 e. The Bertz CT molecular complexity index is 5720. The lowest BCUT2D eigenvalue weighted by Gasteiger charge is -2.22. The van der Waals surface area contributed by atoms with Gasteiger partial charge >= 0.3 is 0 Å². The van der Waals surface area contributed by atoms with Gasteiger partial charge in [0.2, 0.25) is 11.8 Å². The largest absolute Gasteiger partial charge is 0.508 e. The Morgan fingerprint density at radius 1 is 0.450 bits per heavy atom. The Hall–Kier alpha value is -13.3. The fourth-order valence-electron chi connectivity index (χ4n) is 12.8. The van der Waals surface area contributed by atoms with Crippen LogP contribution in [0.15, 0.2) is 122 Å². The van der Waals surface area contributed by atoms with Crippen molar-refractivity contribution in [2.24, 2.45) is 11.5 Å². The molecule has 0 spiro atoms. The third-order valence-electron chi connectivity index (χ3n) is 17.6. The van der Waals surface area contributed by atoms with Gasteiger partial charge in [-0.25, -0.2) is 58.6 Å². The van der Waals surface area contributed by atoms with E-state index >= 15 is 0 Å². The zero-order valence-corrected chi connectivity index (χ0v) is 55.2. The van der Waals surface area contributed by atoms with E-state index in [1.807, 2.05) is 115 Å². The lowest BCUT2D eigenvalue weighted by Crippen LogP contribution is -2.14. The number of anilines is 4. The van der Waals surface area contributed by atoms with Crippen LogP contribution >= 0.6 is 0 Å². The molecule has 1 fully saturated rings. The maximum atomic E-state index is 11.4. The molecule has 0 aliphatic heterocycles. The minimum atomic E-state index is -0.467. The highest BCUT2D eigenvalue weighted by Gasteiger charge is 2.27. The summed E-state index contributed by atoms with van der Waals surface area (Å²) in [5.41, 5.74) is 49.1. The van der Waals surface area contributed by atoms with Crippen LogP contribution in [0, 0.1) is 11.3 Å². The van der Waals surface area contributed by atoms with E-state index in [9.17, 15) is 14.7 Å². The number of primary amides is 2. The predicted octanol–water partition coefficient (Wildman–Crippen LogP) is 11.3. The smallest absolute Gasteiger partial charge is 0.248 e. The van der Waals surface area contributed by atoms with Crippen LogP contribution in [0.1, 0.15) is 124 Å². The Morgan fingerprint density at radius 2 is 0.830 bits per heavy atom. The van der Waals surface area contributed by atoms with Crippen molar-refractivity contribution >= 4 is 123 Å². The normalized spacial score (nSPS) is 12.7. The van der Waals surface area contributed by atoms with E-state index in [0.717, 1.165) is 101 Å². The van der Waals surface area contributed by atoms with Crippen LogP contribution < -0.4 is 34.4 Å². The number of aromatic nitrogens is 20. The van der Waals surface area contributed by atoms with Crippen LogP contribution in [0.2, 0.25) is 0 Å². The average molecular weight is 1340 g/mol. The van der Waals surface area contributed by atoms with Crippen molar-refractivity contribution < 1.29 is 14.7 Å². The number of phenolic OH excluding ortho intramolecular Hbond substituents is 1. The molecule has 0 radical (unpaired) electrons. The van der Waals surface area contributed by atoms with Gasteiger partial charge in [0.1, 0.15) is 77.1 Å². The number of nitrogens with zero attached hydrogens (tertiary/aromatic N) is 17. The number of hydrogen-bond donors (Lipinski definition) is 11.